The molecule has 1 aliphatic rings. The average molecular weight is 303 g/mol. The largest absolute Gasteiger partial charge is 0.484 e. The maximum absolute atomic E-state index is 12.7. The molecule has 6 heteroatoms. The molecule has 0 radical (unpaired) electrons. The normalized spacial score (nSPS) is 17.4. The van der Waals surface area contributed by atoms with Crippen LogP contribution in [0.1, 0.15) is 12.8 Å². The van der Waals surface area contributed by atoms with E-state index in [2.05, 4.69) is 10.6 Å². The van der Waals surface area contributed by atoms with Crippen LogP contribution in [-0.2, 0) is 4.79 Å². The zero-order chi connectivity index (χ0) is 13.5. The van der Waals surface area contributed by atoms with Gasteiger partial charge in [0.15, 0.2) is 6.61 Å². The van der Waals surface area contributed by atoms with Crippen LogP contribution in [0.4, 0.5) is 4.39 Å². The summed E-state index contributed by atoms with van der Waals surface area (Å²) >= 11 is 0. The molecule has 1 atom stereocenters. The molecule has 1 aromatic rings. The molecule has 0 aliphatic carbocycles. The number of benzene rings is 1. The molecule has 1 saturated heterocycles. The van der Waals surface area contributed by atoms with Crippen LogP contribution in [0.25, 0.3) is 0 Å². The van der Waals surface area contributed by atoms with Gasteiger partial charge in [-0.25, -0.2) is 4.39 Å². The Bertz CT molecular complexity index is 408. The number of carbonyl (C=O) groups excluding carboxylic acids is 1. The topological polar surface area (TPSA) is 50.4 Å². The molecule has 112 valence electrons. The third kappa shape index (κ3) is 5.75. The first-order valence-corrected chi connectivity index (χ1v) is 6.60. The predicted molar refractivity (Wildman–Crippen MR) is 77.7 cm³/mol. The zero-order valence-corrected chi connectivity index (χ0v) is 12.0. The first-order chi connectivity index (χ1) is 9.24. The van der Waals surface area contributed by atoms with Gasteiger partial charge >= 0.3 is 0 Å². The van der Waals surface area contributed by atoms with Gasteiger partial charge in [-0.2, -0.15) is 0 Å². The molecule has 1 unspecified atom stereocenters. The van der Waals surface area contributed by atoms with Crippen molar-refractivity contribution in [2.45, 2.75) is 12.8 Å². The first kappa shape index (κ1) is 16.7. The Labute approximate surface area is 124 Å². The van der Waals surface area contributed by atoms with Gasteiger partial charge in [-0.05, 0) is 56.1 Å². The van der Waals surface area contributed by atoms with E-state index in [0.29, 0.717) is 18.2 Å². The van der Waals surface area contributed by atoms with Crippen molar-refractivity contribution in [3.63, 3.8) is 0 Å². The zero-order valence-electron chi connectivity index (χ0n) is 11.2. The van der Waals surface area contributed by atoms with E-state index in [4.69, 9.17) is 4.74 Å². The third-order valence-corrected chi connectivity index (χ3v) is 3.22. The molecule has 2 rings (SSSR count). The number of rotatable bonds is 6. The second-order valence-corrected chi connectivity index (χ2v) is 4.74. The van der Waals surface area contributed by atoms with Crippen LogP contribution in [0.3, 0.4) is 0 Å². The lowest BCUT2D eigenvalue weighted by Gasteiger charge is -2.10. The summed E-state index contributed by atoms with van der Waals surface area (Å²) in [7, 11) is 0. The van der Waals surface area contributed by atoms with Crippen molar-refractivity contribution in [3.05, 3.63) is 30.1 Å². The molecule has 1 amide bonds. The first-order valence-electron chi connectivity index (χ1n) is 6.60. The smallest absolute Gasteiger partial charge is 0.257 e. The van der Waals surface area contributed by atoms with E-state index in [9.17, 15) is 9.18 Å². The minimum Gasteiger partial charge on any atom is -0.484 e. The number of ether oxygens (including phenoxy) is 1. The highest BCUT2D eigenvalue weighted by Crippen LogP contribution is 2.11. The Kier molecular flexibility index (Phi) is 7.33. The van der Waals surface area contributed by atoms with Gasteiger partial charge in [-0.3, -0.25) is 4.79 Å². The SMILES string of the molecule is Cl.O=C(COc1ccc(F)cc1)NCCC1CCNC1. The van der Waals surface area contributed by atoms with E-state index in [1.165, 1.54) is 30.7 Å². The number of hydrogen-bond donors (Lipinski definition) is 2. The molecule has 1 fully saturated rings. The van der Waals surface area contributed by atoms with Crippen molar-refractivity contribution < 1.29 is 13.9 Å². The van der Waals surface area contributed by atoms with Crippen LogP contribution in [0.2, 0.25) is 0 Å². The summed E-state index contributed by atoms with van der Waals surface area (Å²) in [4.78, 5) is 11.5. The summed E-state index contributed by atoms with van der Waals surface area (Å²) in [5.74, 6) is 0.701. The van der Waals surface area contributed by atoms with Crippen LogP contribution < -0.4 is 15.4 Å². The Morgan fingerprint density at radius 2 is 2.15 bits per heavy atom. The molecule has 4 nitrogen and oxygen atoms in total. The molecule has 1 aliphatic heterocycles. The lowest BCUT2D eigenvalue weighted by Crippen LogP contribution is -2.30. The highest BCUT2D eigenvalue weighted by Gasteiger charge is 2.14. The summed E-state index contributed by atoms with van der Waals surface area (Å²) < 4.78 is 17.9. The minimum absolute atomic E-state index is 0. The quantitative estimate of drug-likeness (QED) is 0.841. The Hall–Kier alpha value is -1.33. The summed E-state index contributed by atoms with van der Waals surface area (Å²) in [6, 6.07) is 5.63. The van der Waals surface area contributed by atoms with E-state index >= 15 is 0 Å². The van der Waals surface area contributed by atoms with E-state index in [0.717, 1.165) is 19.5 Å². The molecule has 0 saturated carbocycles. The molecular formula is C14H20ClFN2O2. The average Bonchev–Trinajstić information content (AvgIpc) is 2.91. The molecule has 1 heterocycles. The monoisotopic (exact) mass is 302 g/mol. The fourth-order valence-electron chi connectivity index (χ4n) is 2.11. The van der Waals surface area contributed by atoms with Crippen molar-refractivity contribution in [2.24, 2.45) is 5.92 Å². The van der Waals surface area contributed by atoms with E-state index in [1.807, 2.05) is 0 Å². The van der Waals surface area contributed by atoms with Crippen LogP contribution in [-0.4, -0.2) is 32.1 Å². The van der Waals surface area contributed by atoms with Gasteiger partial charge in [0.2, 0.25) is 0 Å². The molecule has 2 N–H and O–H groups in total. The Morgan fingerprint density at radius 1 is 1.40 bits per heavy atom. The van der Waals surface area contributed by atoms with Gasteiger partial charge in [0, 0.05) is 6.54 Å². The second-order valence-electron chi connectivity index (χ2n) is 4.74. The molecule has 20 heavy (non-hydrogen) atoms. The highest BCUT2D eigenvalue weighted by molar-refractivity contribution is 5.85. The standard InChI is InChI=1S/C14H19FN2O2.ClH/c15-12-1-3-13(4-2-12)19-10-14(18)17-8-6-11-5-7-16-9-11;/h1-4,11,16H,5-10H2,(H,17,18);1H. The number of halogens is 2. The van der Waals surface area contributed by atoms with Crippen LogP contribution in [0.5, 0.6) is 5.75 Å². The van der Waals surface area contributed by atoms with Gasteiger partial charge in [-0.15, -0.1) is 12.4 Å². The van der Waals surface area contributed by atoms with Gasteiger partial charge in [-0.1, -0.05) is 0 Å². The van der Waals surface area contributed by atoms with Crippen molar-refractivity contribution in [1.82, 2.24) is 10.6 Å². The van der Waals surface area contributed by atoms with E-state index < -0.39 is 0 Å². The van der Waals surface area contributed by atoms with Crippen molar-refractivity contribution in [1.29, 1.82) is 0 Å². The van der Waals surface area contributed by atoms with E-state index in [-0.39, 0.29) is 30.7 Å². The maximum atomic E-state index is 12.7. The van der Waals surface area contributed by atoms with Crippen molar-refractivity contribution in [3.8, 4) is 5.75 Å². The van der Waals surface area contributed by atoms with Crippen LogP contribution in [0.15, 0.2) is 24.3 Å². The summed E-state index contributed by atoms with van der Waals surface area (Å²) in [6.07, 6.45) is 2.18. The molecule has 0 bridgehead atoms. The van der Waals surface area contributed by atoms with Crippen LogP contribution >= 0.6 is 12.4 Å². The Balaban J connectivity index is 0.00000200. The lowest BCUT2D eigenvalue weighted by molar-refractivity contribution is -0.123. The van der Waals surface area contributed by atoms with E-state index in [1.54, 1.807) is 0 Å². The van der Waals surface area contributed by atoms with Crippen molar-refractivity contribution >= 4 is 18.3 Å². The molecule has 0 aromatic heterocycles. The lowest BCUT2D eigenvalue weighted by atomic mass is 10.1. The molecular weight excluding hydrogens is 283 g/mol. The fourth-order valence-corrected chi connectivity index (χ4v) is 2.11. The number of amides is 1. The number of nitrogens with one attached hydrogen (secondary N) is 2. The third-order valence-electron chi connectivity index (χ3n) is 3.22. The van der Waals surface area contributed by atoms with Gasteiger partial charge in [0.25, 0.3) is 5.91 Å². The summed E-state index contributed by atoms with van der Waals surface area (Å²) in [5.41, 5.74) is 0. The predicted octanol–water partition coefficient (Wildman–Crippen LogP) is 1.74. The van der Waals surface area contributed by atoms with Gasteiger partial charge < -0.3 is 15.4 Å². The summed E-state index contributed by atoms with van der Waals surface area (Å²) in [6.45, 7) is 2.76. The second kappa shape index (κ2) is 8.76. The molecule has 0 spiro atoms. The number of hydrogen-bond acceptors (Lipinski definition) is 3. The van der Waals surface area contributed by atoms with Crippen molar-refractivity contribution in [2.75, 3.05) is 26.2 Å². The minimum atomic E-state index is -0.318. The fraction of sp³-hybridized carbons (Fsp3) is 0.500. The summed E-state index contributed by atoms with van der Waals surface area (Å²) in [5, 5.41) is 6.12. The molecule has 1 aromatic carbocycles. The maximum Gasteiger partial charge on any atom is 0.257 e. The van der Waals surface area contributed by atoms with Crippen LogP contribution in [0, 0.1) is 11.7 Å². The van der Waals surface area contributed by atoms with Gasteiger partial charge in [0.1, 0.15) is 11.6 Å². The highest BCUT2D eigenvalue weighted by atomic mass is 35.5. The Morgan fingerprint density at radius 3 is 2.80 bits per heavy atom. The number of carbonyl (C=O) groups is 1. The van der Waals surface area contributed by atoms with Gasteiger partial charge in [0.05, 0.1) is 0 Å².